The smallest absolute Gasteiger partial charge is 0.338 e. The van der Waals surface area contributed by atoms with E-state index in [-0.39, 0.29) is 17.2 Å². The van der Waals surface area contributed by atoms with Gasteiger partial charge in [-0.25, -0.2) is 0 Å². The summed E-state index contributed by atoms with van der Waals surface area (Å²) in [4.78, 5) is 12.3. The van der Waals surface area contributed by atoms with Gasteiger partial charge in [0, 0.05) is 11.0 Å². The summed E-state index contributed by atoms with van der Waals surface area (Å²) in [5, 5.41) is 2.82. The van der Waals surface area contributed by atoms with Gasteiger partial charge in [-0.3, -0.25) is 9.36 Å². The fourth-order valence-electron chi connectivity index (χ4n) is 2.19. The molecule has 0 spiro atoms. The van der Waals surface area contributed by atoms with Crippen LogP contribution in [0.4, 0.5) is 0 Å². The topological polar surface area (TPSA) is 64.6 Å². The van der Waals surface area contributed by atoms with E-state index < -0.39 is 13.4 Å². The fraction of sp³-hybridized carbons (Fsp3) is 0.562. The Balaban J connectivity index is 2.14. The highest BCUT2D eigenvalue weighted by Crippen LogP contribution is 2.58. The molecule has 2 rings (SSSR count). The molecule has 1 aromatic carbocycles. The first-order chi connectivity index (χ1) is 10.2. The molecule has 1 aliphatic heterocycles. The Hall–Kier alpha value is -1.16. The van der Waals surface area contributed by atoms with E-state index in [0.29, 0.717) is 18.8 Å². The average molecular weight is 325 g/mol. The quantitative estimate of drug-likeness (QED) is 0.858. The number of carbonyl (C=O) groups excluding carboxylic acids is 1. The molecule has 1 amide bonds. The summed E-state index contributed by atoms with van der Waals surface area (Å²) in [5.74, 6) is -0.998. The Morgan fingerprint density at radius 3 is 2.23 bits per heavy atom. The zero-order chi connectivity index (χ0) is 16.4. The molecule has 0 aromatic heterocycles. The molecular weight excluding hydrogens is 301 g/mol. The SMILES string of the molecule is CC(C)C(NC(=O)c1ccccc1)P1(=O)OCC(C)(C)CO1. The minimum absolute atomic E-state index is 0.0697. The number of benzene rings is 1. The molecule has 5 nitrogen and oxygen atoms in total. The van der Waals surface area contributed by atoms with Crippen molar-refractivity contribution in [1.29, 1.82) is 0 Å². The van der Waals surface area contributed by atoms with E-state index in [2.05, 4.69) is 5.32 Å². The van der Waals surface area contributed by atoms with Gasteiger partial charge in [-0.05, 0) is 18.1 Å². The molecule has 0 saturated carbocycles. The fourth-order valence-corrected chi connectivity index (χ4v) is 4.65. The molecule has 22 heavy (non-hydrogen) atoms. The maximum Gasteiger partial charge on any atom is 0.353 e. The van der Waals surface area contributed by atoms with Crippen molar-refractivity contribution in [2.24, 2.45) is 11.3 Å². The van der Waals surface area contributed by atoms with Gasteiger partial charge in [0.25, 0.3) is 5.91 Å². The van der Waals surface area contributed by atoms with Crippen LogP contribution in [0.25, 0.3) is 0 Å². The van der Waals surface area contributed by atoms with Crippen LogP contribution >= 0.6 is 7.60 Å². The maximum absolute atomic E-state index is 13.0. The Morgan fingerprint density at radius 2 is 1.73 bits per heavy atom. The summed E-state index contributed by atoms with van der Waals surface area (Å²) in [5.41, 5.74) is 0.357. The minimum Gasteiger partial charge on any atom is -0.338 e. The van der Waals surface area contributed by atoms with E-state index in [1.54, 1.807) is 24.3 Å². The van der Waals surface area contributed by atoms with Crippen LogP contribution in [0.3, 0.4) is 0 Å². The van der Waals surface area contributed by atoms with Gasteiger partial charge in [0.1, 0.15) is 5.78 Å². The molecule has 1 atom stereocenters. The molecule has 6 heteroatoms. The number of amides is 1. The van der Waals surface area contributed by atoms with Gasteiger partial charge >= 0.3 is 7.60 Å². The number of rotatable bonds is 4. The highest BCUT2D eigenvalue weighted by atomic mass is 31.2. The van der Waals surface area contributed by atoms with Crippen molar-refractivity contribution in [3.63, 3.8) is 0 Å². The van der Waals surface area contributed by atoms with Crippen LogP contribution < -0.4 is 5.32 Å². The Kier molecular flexibility index (Phi) is 5.10. The first kappa shape index (κ1) is 17.2. The zero-order valence-electron chi connectivity index (χ0n) is 13.5. The summed E-state index contributed by atoms with van der Waals surface area (Å²) in [7, 11) is -3.37. The van der Waals surface area contributed by atoms with Crippen LogP contribution in [0.15, 0.2) is 30.3 Å². The second-order valence-electron chi connectivity index (χ2n) is 6.78. The lowest BCUT2D eigenvalue weighted by Gasteiger charge is -2.38. The van der Waals surface area contributed by atoms with Crippen LogP contribution in [0.5, 0.6) is 0 Å². The van der Waals surface area contributed by atoms with Crippen LogP contribution in [-0.4, -0.2) is 24.9 Å². The van der Waals surface area contributed by atoms with Gasteiger partial charge in [-0.15, -0.1) is 0 Å². The third-order valence-corrected chi connectivity index (χ3v) is 5.94. The summed E-state index contributed by atoms with van der Waals surface area (Å²) in [6, 6.07) is 8.85. The van der Waals surface area contributed by atoms with Gasteiger partial charge in [-0.1, -0.05) is 45.9 Å². The summed E-state index contributed by atoms with van der Waals surface area (Å²) in [6.07, 6.45) is 0. The number of hydrogen-bond donors (Lipinski definition) is 1. The Labute approximate surface area is 131 Å². The van der Waals surface area contributed by atoms with E-state index >= 15 is 0 Å². The van der Waals surface area contributed by atoms with Crippen LogP contribution in [0.1, 0.15) is 38.1 Å². The van der Waals surface area contributed by atoms with E-state index in [0.717, 1.165) is 0 Å². The van der Waals surface area contributed by atoms with Crippen LogP contribution in [0, 0.1) is 11.3 Å². The Bertz CT molecular complexity index is 557. The lowest BCUT2D eigenvalue weighted by atomic mass is 9.97. The predicted molar refractivity (Wildman–Crippen MR) is 85.8 cm³/mol. The lowest BCUT2D eigenvalue weighted by Crippen LogP contribution is -2.42. The van der Waals surface area contributed by atoms with Gasteiger partial charge in [0.05, 0.1) is 13.2 Å². The lowest BCUT2D eigenvalue weighted by molar-refractivity contribution is 0.0341. The second kappa shape index (κ2) is 6.53. The van der Waals surface area contributed by atoms with Crippen molar-refractivity contribution in [3.05, 3.63) is 35.9 Å². The van der Waals surface area contributed by atoms with E-state index in [4.69, 9.17) is 9.05 Å². The van der Waals surface area contributed by atoms with Crippen molar-refractivity contribution in [2.75, 3.05) is 13.2 Å². The molecule has 1 fully saturated rings. The molecule has 1 heterocycles. The van der Waals surface area contributed by atoms with E-state index in [1.165, 1.54) is 0 Å². The zero-order valence-corrected chi connectivity index (χ0v) is 14.4. The monoisotopic (exact) mass is 325 g/mol. The van der Waals surface area contributed by atoms with Crippen molar-refractivity contribution in [3.8, 4) is 0 Å². The first-order valence-corrected chi connectivity index (χ1v) is 9.09. The maximum atomic E-state index is 13.0. The molecule has 122 valence electrons. The standard InChI is InChI=1S/C16H24NO4P/c1-12(2)15(17-14(18)13-8-6-5-7-9-13)22(19)20-10-16(3,4)11-21-22/h5-9,12,15H,10-11H2,1-4H3,(H,17,18). The highest BCUT2D eigenvalue weighted by Gasteiger charge is 2.45. The van der Waals surface area contributed by atoms with Gasteiger partial charge in [0.2, 0.25) is 0 Å². The summed E-state index contributed by atoms with van der Waals surface area (Å²) < 4.78 is 24.1. The number of hydrogen-bond acceptors (Lipinski definition) is 4. The van der Waals surface area contributed by atoms with E-state index in [1.807, 2.05) is 33.8 Å². The molecule has 1 N–H and O–H groups in total. The predicted octanol–water partition coefficient (Wildman–Crippen LogP) is 3.66. The summed E-state index contributed by atoms with van der Waals surface area (Å²) in [6.45, 7) is 8.47. The molecule has 1 unspecified atom stereocenters. The average Bonchev–Trinajstić information content (AvgIpc) is 2.48. The van der Waals surface area contributed by atoms with E-state index in [9.17, 15) is 9.36 Å². The number of carbonyl (C=O) groups is 1. The molecule has 1 saturated heterocycles. The molecule has 0 aliphatic carbocycles. The van der Waals surface area contributed by atoms with Gasteiger partial charge in [-0.2, -0.15) is 0 Å². The van der Waals surface area contributed by atoms with Gasteiger partial charge < -0.3 is 14.4 Å². The normalized spacial score (nSPS) is 21.3. The van der Waals surface area contributed by atoms with Crippen LogP contribution in [-0.2, 0) is 13.6 Å². The van der Waals surface area contributed by atoms with Crippen molar-refractivity contribution < 1.29 is 18.4 Å². The molecular formula is C16H24NO4P. The highest BCUT2D eigenvalue weighted by molar-refractivity contribution is 7.54. The Morgan fingerprint density at radius 1 is 1.18 bits per heavy atom. The second-order valence-corrected chi connectivity index (χ2v) is 8.93. The third-order valence-electron chi connectivity index (χ3n) is 3.56. The molecule has 0 radical (unpaired) electrons. The summed E-state index contributed by atoms with van der Waals surface area (Å²) >= 11 is 0. The minimum atomic E-state index is -3.37. The van der Waals surface area contributed by atoms with Crippen molar-refractivity contribution in [2.45, 2.75) is 33.5 Å². The first-order valence-electron chi connectivity index (χ1n) is 7.48. The third kappa shape index (κ3) is 3.97. The van der Waals surface area contributed by atoms with Gasteiger partial charge in [0.15, 0.2) is 0 Å². The van der Waals surface area contributed by atoms with Crippen LogP contribution in [0.2, 0.25) is 0 Å². The van der Waals surface area contributed by atoms with Crippen molar-refractivity contribution >= 4 is 13.5 Å². The molecule has 0 bridgehead atoms. The molecule has 1 aliphatic rings. The molecule has 1 aromatic rings. The largest absolute Gasteiger partial charge is 0.353 e. The van der Waals surface area contributed by atoms with Crippen molar-refractivity contribution in [1.82, 2.24) is 5.32 Å². The number of nitrogens with one attached hydrogen (secondary N) is 1.